The maximum absolute atomic E-state index is 11.3. The number of carboxylic acid groups (broad SMARTS) is 2. The van der Waals surface area contributed by atoms with Crippen LogP contribution in [0.1, 0.15) is 39.5 Å². The monoisotopic (exact) mass is 253 g/mol. The van der Waals surface area contributed by atoms with E-state index in [1.54, 1.807) is 0 Å². The molecule has 0 aromatic heterocycles. The van der Waals surface area contributed by atoms with Gasteiger partial charge in [0.25, 0.3) is 0 Å². The molecule has 1 heterocycles. The Hall–Kier alpha value is -1.26. The van der Waals surface area contributed by atoms with Crippen LogP contribution in [0.4, 0.5) is 4.79 Å². The molecule has 5 heteroatoms. The molecule has 18 heavy (non-hydrogen) atoms. The van der Waals surface area contributed by atoms with Crippen LogP contribution in [-0.2, 0) is 4.79 Å². The summed E-state index contributed by atoms with van der Waals surface area (Å²) < 4.78 is 0. The van der Waals surface area contributed by atoms with Crippen molar-refractivity contribution in [2.45, 2.75) is 45.6 Å². The number of carbonyl (C=O) groups is 2. The largest absolute Gasteiger partial charge is 0.480 e. The summed E-state index contributed by atoms with van der Waals surface area (Å²) in [5, 5.41) is 18.4. The summed E-state index contributed by atoms with van der Waals surface area (Å²) in [5.41, 5.74) is 0.188. The highest BCUT2D eigenvalue weighted by molar-refractivity contribution is 5.80. The van der Waals surface area contributed by atoms with E-state index in [1.807, 2.05) is 0 Å². The fraction of sp³-hybridized carbons (Fsp3) is 0.846. The Morgan fingerprint density at radius 1 is 1.17 bits per heavy atom. The summed E-state index contributed by atoms with van der Waals surface area (Å²) in [6.07, 6.45) is 2.83. The Morgan fingerprint density at radius 3 is 2.06 bits per heavy atom. The zero-order valence-electron chi connectivity index (χ0n) is 10.8. The van der Waals surface area contributed by atoms with E-state index in [2.05, 4.69) is 13.8 Å². The van der Waals surface area contributed by atoms with Gasteiger partial charge in [0.1, 0.15) is 6.04 Å². The van der Waals surface area contributed by atoms with Crippen LogP contribution in [0.2, 0.25) is 0 Å². The number of hydrogen-bond donors (Lipinski definition) is 2. The topological polar surface area (TPSA) is 77.8 Å². The summed E-state index contributed by atoms with van der Waals surface area (Å²) in [6.45, 7) is 4.75. The maximum Gasteiger partial charge on any atom is 0.408 e. The van der Waals surface area contributed by atoms with Crippen LogP contribution in [0.25, 0.3) is 0 Å². The minimum atomic E-state index is -1.10. The number of hydrogen-bond acceptors (Lipinski definition) is 2. The smallest absolute Gasteiger partial charge is 0.408 e. The van der Waals surface area contributed by atoms with Gasteiger partial charge < -0.3 is 10.2 Å². The van der Waals surface area contributed by atoms with E-state index in [-0.39, 0.29) is 16.2 Å². The van der Waals surface area contributed by atoms with Gasteiger partial charge in [0.2, 0.25) is 0 Å². The minimum absolute atomic E-state index is 0.0795. The van der Waals surface area contributed by atoms with Gasteiger partial charge in [-0.1, -0.05) is 20.3 Å². The van der Waals surface area contributed by atoms with Crippen LogP contribution in [-0.4, -0.2) is 39.8 Å². The highest BCUT2D eigenvalue weighted by Gasteiger charge is 2.85. The van der Waals surface area contributed by atoms with Crippen LogP contribution >= 0.6 is 0 Å². The summed E-state index contributed by atoms with van der Waals surface area (Å²) in [6, 6.07) is -0.859. The number of carboxylic acids is 1. The molecule has 3 aliphatic rings. The lowest BCUT2D eigenvalue weighted by atomic mass is 9.73. The summed E-state index contributed by atoms with van der Waals surface area (Å²) in [7, 11) is 0. The quantitative estimate of drug-likeness (QED) is 0.749. The highest BCUT2D eigenvalue weighted by Crippen LogP contribution is 2.88. The molecule has 100 valence electrons. The molecule has 0 radical (unpaired) electrons. The third-order valence-corrected chi connectivity index (χ3v) is 6.34. The van der Waals surface area contributed by atoms with Crippen molar-refractivity contribution in [2.75, 3.05) is 6.54 Å². The Kier molecular flexibility index (Phi) is 1.97. The van der Waals surface area contributed by atoms with Gasteiger partial charge in [0, 0.05) is 12.0 Å². The van der Waals surface area contributed by atoms with Crippen LogP contribution < -0.4 is 0 Å². The van der Waals surface area contributed by atoms with Crippen molar-refractivity contribution >= 4 is 12.1 Å². The molecule has 0 bridgehead atoms. The Bertz CT molecular complexity index is 416. The van der Waals surface area contributed by atoms with Crippen LogP contribution in [0.15, 0.2) is 0 Å². The second kappa shape index (κ2) is 3.00. The normalized spacial score (nSPS) is 38.8. The van der Waals surface area contributed by atoms with E-state index in [9.17, 15) is 19.8 Å². The lowest BCUT2D eigenvalue weighted by Gasteiger charge is -2.31. The molecule has 3 rings (SSSR count). The van der Waals surface area contributed by atoms with Gasteiger partial charge in [0.05, 0.1) is 0 Å². The van der Waals surface area contributed by atoms with Crippen molar-refractivity contribution in [1.82, 2.24) is 4.90 Å². The molecule has 0 aromatic carbocycles. The maximum atomic E-state index is 11.3. The van der Waals surface area contributed by atoms with E-state index in [0.717, 1.165) is 17.7 Å². The first-order chi connectivity index (χ1) is 8.29. The molecule has 2 saturated carbocycles. The third kappa shape index (κ3) is 0.964. The summed E-state index contributed by atoms with van der Waals surface area (Å²) in [4.78, 5) is 23.6. The van der Waals surface area contributed by atoms with Crippen molar-refractivity contribution < 1.29 is 19.8 Å². The van der Waals surface area contributed by atoms with Gasteiger partial charge in [-0.2, -0.15) is 0 Å². The molecule has 0 unspecified atom stereocenters. The molecule has 3 fully saturated rings. The average molecular weight is 253 g/mol. The molecular formula is C13H19NO4. The zero-order valence-corrected chi connectivity index (χ0v) is 10.8. The van der Waals surface area contributed by atoms with Gasteiger partial charge in [-0.25, -0.2) is 9.59 Å². The van der Waals surface area contributed by atoms with Gasteiger partial charge in [-0.3, -0.25) is 4.90 Å². The second-order valence-corrected chi connectivity index (χ2v) is 6.61. The molecule has 2 aliphatic carbocycles. The zero-order chi connectivity index (χ0) is 13.3. The van der Waals surface area contributed by atoms with E-state index < -0.39 is 18.1 Å². The number of aliphatic carboxylic acids is 1. The van der Waals surface area contributed by atoms with Gasteiger partial charge >= 0.3 is 12.1 Å². The van der Waals surface area contributed by atoms with Crippen molar-refractivity contribution in [3.8, 4) is 0 Å². The van der Waals surface area contributed by atoms with E-state index in [0.29, 0.717) is 13.0 Å². The second-order valence-electron chi connectivity index (χ2n) is 6.61. The summed E-state index contributed by atoms with van der Waals surface area (Å²) in [5.74, 6) is -1.01. The van der Waals surface area contributed by atoms with Gasteiger partial charge in [-0.05, 0) is 30.1 Å². The molecule has 5 nitrogen and oxygen atoms in total. The molecule has 1 saturated heterocycles. The van der Waals surface area contributed by atoms with E-state index in [4.69, 9.17) is 0 Å². The Balaban J connectivity index is 1.94. The van der Waals surface area contributed by atoms with E-state index in [1.165, 1.54) is 6.42 Å². The molecule has 2 atom stereocenters. The number of fused-ring (bicyclic) bond motifs is 1. The first kappa shape index (κ1) is 11.8. The lowest BCUT2D eigenvalue weighted by molar-refractivity contribution is -0.141. The summed E-state index contributed by atoms with van der Waals surface area (Å²) >= 11 is 0. The number of rotatable bonds is 1. The van der Waals surface area contributed by atoms with Crippen molar-refractivity contribution in [1.29, 1.82) is 0 Å². The molecule has 0 aromatic rings. The number of likely N-dealkylation sites (tertiary alicyclic amines) is 1. The Labute approximate surface area is 106 Å². The van der Waals surface area contributed by atoms with Crippen molar-refractivity contribution in [2.24, 2.45) is 16.2 Å². The minimum Gasteiger partial charge on any atom is -0.480 e. The molecule has 2 spiro atoms. The van der Waals surface area contributed by atoms with Crippen molar-refractivity contribution in [3.63, 3.8) is 0 Å². The standard InChI is InChI=1S/C13H19NO4/c1-11(2)12(4-3-5-12)13(11)6-8(9(15)16)14(7-13)10(17)18/h8H,3-7H2,1-2H3,(H,15,16)(H,17,18)/t8-,13-/m0/s1. The third-order valence-electron chi connectivity index (χ3n) is 6.34. The lowest BCUT2D eigenvalue weighted by Crippen LogP contribution is -2.39. The SMILES string of the molecule is CC1(C)C2(CCC2)[C@]12C[C@@H](C(=O)O)N(C(=O)O)C2. The van der Waals surface area contributed by atoms with Gasteiger partial charge in [0.15, 0.2) is 0 Å². The first-order valence-electron chi connectivity index (χ1n) is 6.51. The van der Waals surface area contributed by atoms with Crippen LogP contribution in [0.5, 0.6) is 0 Å². The fourth-order valence-electron chi connectivity index (χ4n) is 5.02. The van der Waals surface area contributed by atoms with Crippen molar-refractivity contribution in [3.05, 3.63) is 0 Å². The molecule has 1 aliphatic heterocycles. The van der Waals surface area contributed by atoms with E-state index >= 15 is 0 Å². The average Bonchev–Trinajstić information content (AvgIpc) is 2.53. The van der Waals surface area contributed by atoms with Crippen LogP contribution in [0, 0.1) is 16.2 Å². The van der Waals surface area contributed by atoms with Crippen LogP contribution in [0.3, 0.4) is 0 Å². The van der Waals surface area contributed by atoms with Gasteiger partial charge in [-0.15, -0.1) is 0 Å². The molecule has 1 amide bonds. The Morgan fingerprint density at radius 2 is 1.78 bits per heavy atom. The predicted molar refractivity (Wildman–Crippen MR) is 63.3 cm³/mol. The first-order valence-corrected chi connectivity index (χ1v) is 6.51. The highest BCUT2D eigenvalue weighted by atomic mass is 16.4. The fourth-order valence-corrected chi connectivity index (χ4v) is 5.02. The number of amides is 1. The number of nitrogens with zero attached hydrogens (tertiary/aromatic N) is 1. The predicted octanol–water partition coefficient (Wildman–Crippen LogP) is 2.02. The molecule has 2 N–H and O–H groups in total. The molecular weight excluding hydrogens is 234 g/mol.